The lowest BCUT2D eigenvalue weighted by Gasteiger charge is -2.11. The molecule has 6 heteroatoms. The zero-order chi connectivity index (χ0) is 17.4. The number of amides is 1. The molecule has 1 heterocycles. The van der Waals surface area contributed by atoms with E-state index in [1.807, 2.05) is 31.4 Å². The van der Waals surface area contributed by atoms with Gasteiger partial charge in [0.2, 0.25) is 0 Å². The minimum absolute atomic E-state index is 0.354. The van der Waals surface area contributed by atoms with E-state index in [-0.39, 0.29) is 6.61 Å². The summed E-state index contributed by atoms with van der Waals surface area (Å²) in [6.45, 7) is 3.97. The molecule has 2 rings (SSSR count). The van der Waals surface area contributed by atoms with Crippen LogP contribution in [-0.4, -0.2) is 25.1 Å². The second-order valence-electron chi connectivity index (χ2n) is 4.89. The highest BCUT2D eigenvalue weighted by molar-refractivity contribution is 7.11. The summed E-state index contributed by atoms with van der Waals surface area (Å²) in [5, 5.41) is 4.61. The van der Waals surface area contributed by atoms with Gasteiger partial charge in [-0.1, -0.05) is 12.1 Å². The normalized spacial score (nSPS) is 10.6. The molecule has 0 aliphatic rings. The molecule has 0 unspecified atom stereocenters. The van der Waals surface area contributed by atoms with E-state index < -0.39 is 11.9 Å². The van der Waals surface area contributed by atoms with Gasteiger partial charge in [-0.05, 0) is 49.1 Å². The Morgan fingerprint density at radius 3 is 2.75 bits per heavy atom. The number of esters is 1. The lowest BCUT2D eigenvalue weighted by molar-refractivity contribution is -0.142. The Balaban J connectivity index is 1.84. The van der Waals surface area contributed by atoms with E-state index in [2.05, 4.69) is 5.32 Å². The Bertz CT molecular complexity index is 736. The number of rotatable bonds is 7. The van der Waals surface area contributed by atoms with Crippen molar-refractivity contribution in [3.8, 4) is 5.75 Å². The molecule has 0 fully saturated rings. The quantitative estimate of drug-likeness (QED) is 0.614. The van der Waals surface area contributed by atoms with Gasteiger partial charge in [-0.2, -0.15) is 0 Å². The molecule has 0 radical (unpaired) electrons. The van der Waals surface area contributed by atoms with Crippen LogP contribution in [0.5, 0.6) is 5.75 Å². The summed E-state index contributed by atoms with van der Waals surface area (Å²) in [5.74, 6) is -0.403. The standard InChI is InChI=1S/C18H19NO4S/c1-3-22-15-7-5-4-6-14(15)19-17(20)12-23-18(21)9-8-16-13(2)10-11-24-16/h4-11H,3,12H2,1-2H3,(H,19,20)/b9-8+. The van der Waals surface area contributed by atoms with Crippen LogP contribution in [0.15, 0.2) is 41.8 Å². The average Bonchev–Trinajstić information content (AvgIpc) is 2.98. The van der Waals surface area contributed by atoms with Gasteiger partial charge in [-0.25, -0.2) is 4.79 Å². The average molecular weight is 345 g/mol. The molecule has 1 aromatic carbocycles. The predicted octanol–water partition coefficient (Wildman–Crippen LogP) is 3.65. The van der Waals surface area contributed by atoms with Gasteiger partial charge >= 0.3 is 5.97 Å². The summed E-state index contributed by atoms with van der Waals surface area (Å²) in [4.78, 5) is 24.5. The van der Waals surface area contributed by atoms with Crippen LogP contribution < -0.4 is 10.1 Å². The summed E-state index contributed by atoms with van der Waals surface area (Å²) in [5.41, 5.74) is 1.64. The largest absolute Gasteiger partial charge is 0.492 e. The summed E-state index contributed by atoms with van der Waals surface area (Å²) in [7, 11) is 0. The molecule has 0 saturated carbocycles. The highest BCUT2D eigenvalue weighted by Gasteiger charge is 2.09. The third-order valence-corrected chi connectivity index (χ3v) is 4.06. The zero-order valence-corrected chi connectivity index (χ0v) is 14.4. The van der Waals surface area contributed by atoms with Gasteiger partial charge in [0.1, 0.15) is 5.75 Å². The Morgan fingerprint density at radius 2 is 2.04 bits per heavy atom. The van der Waals surface area contributed by atoms with Crippen molar-refractivity contribution in [1.29, 1.82) is 0 Å². The molecule has 0 bridgehead atoms. The van der Waals surface area contributed by atoms with Gasteiger partial charge in [-0.15, -0.1) is 11.3 Å². The molecule has 126 valence electrons. The molecule has 0 aliphatic carbocycles. The SMILES string of the molecule is CCOc1ccccc1NC(=O)COC(=O)/C=C/c1sccc1C. The fourth-order valence-electron chi connectivity index (χ4n) is 1.92. The number of para-hydroxylation sites is 2. The van der Waals surface area contributed by atoms with Gasteiger partial charge < -0.3 is 14.8 Å². The number of hydrogen-bond acceptors (Lipinski definition) is 5. The van der Waals surface area contributed by atoms with Crippen LogP contribution in [0.3, 0.4) is 0 Å². The first kappa shape index (κ1) is 17.7. The third kappa shape index (κ3) is 5.24. The van der Waals surface area contributed by atoms with Crippen molar-refractivity contribution in [3.63, 3.8) is 0 Å². The molecule has 24 heavy (non-hydrogen) atoms. The minimum atomic E-state index is -0.559. The smallest absolute Gasteiger partial charge is 0.331 e. The first-order valence-electron chi connectivity index (χ1n) is 7.50. The second kappa shape index (κ2) is 8.88. The van der Waals surface area contributed by atoms with Gasteiger partial charge in [0, 0.05) is 11.0 Å². The zero-order valence-electron chi connectivity index (χ0n) is 13.6. The number of aryl methyl sites for hydroxylation is 1. The number of nitrogens with one attached hydrogen (secondary N) is 1. The first-order chi connectivity index (χ1) is 11.6. The maximum absolute atomic E-state index is 11.9. The molecule has 1 N–H and O–H groups in total. The van der Waals surface area contributed by atoms with E-state index in [1.165, 1.54) is 17.4 Å². The van der Waals surface area contributed by atoms with Crippen molar-refractivity contribution < 1.29 is 19.1 Å². The monoisotopic (exact) mass is 345 g/mol. The van der Waals surface area contributed by atoms with Crippen LogP contribution in [0, 0.1) is 6.92 Å². The third-order valence-electron chi connectivity index (χ3n) is 3.08. The van der Waals surface area contributed by atoms with Crippen LogP contribution in [0.25, 0.3) is 6.08 Å². The van der Waals surface area contributed by atoms with Crippen LogP contribution in [-0.2, 0) is 14.3 Å². The molecular formula is C18H19NO4S. The minimum Gasteiger partial charge on any atom is -0.492 e. The maximum Gasteiger partial charge on any atom is 0.331 e. The molecule has 0 atom stereocenters. The lowest BCUT2D eigenvalue weighted by Crippen LogP contribution is -2.20. The summed E-state index contributed by atoms with van der Waals surface area (Å²) in [6, 6.07) is 9.06. The summed E-state index contributed by atoms with van der Waals surface area (Å²) in [6.07, 6.45) is 3.00. The van der Waals surface area contributed by atoms with Gasteiger partial charge in [-0.3, -0.25) is 4.79 Å². The molecule has 5 nitrogen and oxygen atoms in total. The molecule has 0 aliphatic heterocycles. The van der Waals surface area contributed by atoms with Crippen molar-refractivity contribution in [2.45, 2.75) is 13.8 Å². The molecule has 0 saturated heterocycles. The van der Waals surface area contributed by atoms with Crippen molar-refractivity contribution in [3.05, 3.63) is 52.2 Å². The lowest BCUT2D eigenvalue weighted by atomic mass is 10.3. The van der Waals surface area contributed by atoms with E-state index in [0.717, 1.165) is 10.4 Å². The fraction of sp³-hybridized carbons (Fsp3) is 0.222. The van der Waals surface area contributed by atoms with E-state index in [1.54, 1.807) is 24.3 Å². The highest BCUT2D eigenvalue weighted by Crippen LogP contribution is 2.23. The molecule has 1 aromatic heterocycles. The topological polar surface area (TPSA) is 64.6 Å². The van der Waals surface area contributed by atoms with E-state index in [9.17, 15) is 9.59 Å². The van der Waals surface area contributed by atoms with Gasteiger partial charge in [0.05, 0.1) is 12.3 Å². The van der Waals surface area contributed by atoms with Crippen LogP contribution in [0.1, 0.15) is 17.4 Å². The second-order valence-corrected chi connectivity index (χ2v) is 5.83. The number of hydrogen-bond donors (Lipinski definition) is 1. The number of ether oxygens (including phenoxy) is 2. The van der Waals surface area contributed by atoms with Crippen LogP contribution in [0.2, 0.25) is 0 Å². The number of carbonyl (C=O) groups is 2. The van der Waals surface area contributed by atoms with Crippen LogP contribution in [0.4, 0.5) is 5.69 Å². The predicted molar refractivity (Wildman–Crippen MR) is 95.3 cm³/mol. The summed E-state index contributed by atoms with van der Waals surface area (Å²) >= 11 is 1.54. The van der Waals surface area contributed by atoms with E-state index in [0.29, 0.717) is 18.0 Å². The molecular weight excluding hydrogens is 326 g/mol. The first-order valence-corrected chi connectivity index (χ1v) is 8.38. The Labute approximate surface area is 144 Å². The van der Waals surface area contributed by atoms with Crippen molar-refractivity contribution in [1.82, 2.24) is 0 Å². The fourth-order valence-corrected chi connectivity index (χ4v) is 2.74. The van der Waals surface area contributed by atoms with E-state index in [4.69, 9.17) is 9.47 Å². The van der Waals surface area contributed by atoms with E-state index >= 15 is 0 Å². The molecule has 0 spiro atoms. The van der Waals surface area contributed by atoms with Crippen LogP contribution >= 0.6 is 11.3 Å². The van der Waals surface area contributed by atoms with Gasteiger partial charge in [0.15, 0.2) is 6.61 Å². The maximum atomic E-state index is 11.9. The Hall–Kier alpha value is -2.60. The van der Waals surface area contributed by atoms with Crippen molar-refractivity contribution >= 4 is 35.0 Å². The Morgan fingerprint density at radius 1 is 1.25 bits per heavy atom. The van der Waals surface area contributed by atoms with Gasteiger partial charge in [0.25, 0.3) is 5.91 Å². The number of anilines is 1. The Kier molecular flexibility index (Phi) is 6.57. The summed E-state index contributed by atoms with van der Waals surface area (Å²) < 4.78 is 10.4. The highest BCUT2D eigenvalue weighted by atomic mass is 32.1. The van der Waals surface area contributed by atoms with Crippen molar-refractivity contribution in [2.75, 3.05) is 18.5 Å². The number of thiophene rings is 1. The number of carbonyl (C=O) groups excluding carboxylic acids is 2. The molecule has 2 aromatic rings. The van der Waals surface area contributed by atoms with Crippen molar-refractivity contribution in [2.24, 2.45) is 0 Å². The molecule has 1 amide bonds. The number of benzene rings is 1.